The molecule has 0 saturated carbocycles. The van der Waals surface area contributed by atoms with Crippen LogP contribution in [0.3, 0.4) is 0 Å². The molecule has 0 bridgehead atoms. The molecule has 1 aromatic carbocycles. The molecule has 1 aliphatic rings. The third-order valence-corrected chi connectivity index (χ3v) is 3.10. The lowest BCUT2D eigenvalue weighted by Crippen LogP contribution is -2.22. The van der Waals surface area contributed by atoms with Crippen LogP contribution in [0.15, 0.2) is 6.07 Å². The number of benzene rings is 1. The van der Waals surface area contributed by atoms with Crippen molar-refractivity contribution in [3.8, 4) is 11.5 Å². The Morgan fingerprint density at radius 3 is 2.94 bits per heavy atom. The van der Waals surface area contributed by atoms with E-state index >= 15 is 0 Å². The van der Waals surface area contributed by atoms with Gasteiger partial charge in [-0.1, -0.05) is 11.6 Å². The topological polar surface area (TPSA) is 81.8 Å². The fraction of sp³-hybridized carbons (Fsp3) is 0.364. The van der Waals surface area contributed by atoms with Gasteiger partial charge in [-0.05, 0) is 12.5 Å². The van der Waals surface area contributed by atoms with Crippen LogP contribution in [0.1, 0.15) is 17.0 Å². The first kappa shape index (κ1) is 12.0. The second-order valence-electron chi connectivity index (χ2n) is 3.76. The second-order valence-corrected chi connectivity index (χ2v) is 4.16. The molecule has 92 valence electrons. The maximum atomic E-state index is 11.1. The molecular formula is C11H12ClNO4. The first-order valence-corrected chi connectivity index (χ1v) is 5.45. The van der Waals surface area contributed by atoms with Gasteiger partial charge in [-0.15, -0.1) is 0 Å². The van der Waals surface area contributed by atoms with Crippen LogP contribution in [-0.2, 0) is 4.79 Å². The Hall–Kier alpha value is -1.46. The molecule has 0 aromatic heterocycles. The second kappa shape index (κ2) is 4.43. The number of halogens is 1. The van der Waals surface area contributed by atoms with Gasteiger partial charge in [0.25, 0.3) is 0 Å². The molecule has 1 aliphatic heterocycles. The molecule has 6 heteroatoms. The molecular weight excluding hydrogens is 246 g/mol. The Balaban J connectivity index is 2.58. The molecule has 0 fully saturated rings. The average Bonchev–Trinajstić information content (AvgIpc) is 2.71. The summed E-state index contributed by atoms with van der Waals surface area (Å²) in [5.74, 6) is -0.755. The Morgan fingerprint density at radius 2 is 2.35 bits per heavy atom. The summed E-state index contributed by atoms with van der Waals surface area (Å²) in [4.78, 5) is 11.1. The van der Waals surface area contributed by atoms with Crippen LogP contribution in [-0.4, -0.2) is 24.4 Å². The number of hydrogen-bond acceptors (Lipinski definition) is 4. The summed E-state index contributed by atoms with van der Waals surface area (Å²) in [6.07, 6.45) is 0. The van der Waals surface area contributed by atoms with Crippen molar-refractivity contribution in [1.82, 2.24) is 0 Å². The summed E-state index contributed by atoms with van der Waals surface area (Å²) in [5, 5.41) is 9.45. The standard InChI is InChI=1S/C11H12ClNO4/c1-5-9(6(3-13)11(14)15)7(12)2-8-10(5)17-4-16-8/h2,6H,3-4,13H2,1H3,(H,14,15). The number of rotatable bonds is 3. The van der Waals surface area contributed by atoms with E-state index in [1.54, 1.807) is 13.0 Å². The number of ether oxygens (including phenoxy) is 2. The molecule has 0 spiro atoms. The van der Waals surface area contributed by atoms with Gasteiger partial charge in [-0.3, -0.25) is 4.79 Å². The molecule has 0 radical (unpaired) electrons. The van der Waals surface area contributed by atoms with Gasteiger partial charge < -0.3 is 20.3 Å². The number of carboxylic acid groups (broad SMARTS) is 1. The molecule has 0 saturated heterocycles. The highest BCUT2D eigenvalue weighted by Crippen LogP contribution is 2.43. The van der Waals surface area contributed by atoms with Crippen LogP contribution in [0, 0.1) is 6.92 Å². The van der Waals surface area contributed by atoms with E-state index in [0.29, 0.717) is 27.6 Å². The maximum Gasteiger partial charge on any atom is 0.312 e. The van der Waals surface area contributed by atoms with Crippen molar-refractivity contribution >= 4 is 17.6 Å². The Bertz CT molecular complexity index is 475. The third kappa shape index (κ3) is 1.92. The summed E-state index contributed by atoms with van der Waals surface area (Å²) < 4.78 is 10.5. The average molecular weight is 258 g/mol. The van der Waals surface area contributed by atoms with E-state index in [0.717, 1.165) is 0 Å². The van der Waals surface area contributed by atoms with E-state index in [9.17, 15) is 4.79 Å². The van der Waals surface area contributed by atoms with Gasteiger partial charge >= 0.3 is 5.97 Å². The lowest BCUT2D eigenvalue weighted by Gasteiger charge is -2.16. The van der Waals surface area contributed by atoms with Gasteiger partial charge in [-0.2, -0.15) is 0 Å². The molecule has 5 nitrogen and oxygen atoms in total. The third-order valence-electron chi connectivity index (χ3n) is 2.78. The molecule has 1 aromatic rings. The Morgan fingerprint density at radius 1 is 1.65 bits per heavy atom. The molecule has 1 unspecified atom stereocenters. The van der Waals surface area contributed by atoms with E-state index in [-0.39, 0.29) is 13.3 Å². The highest BCUT2D eigenvalue weighted by Gasteiger charge is 2.28. The van der Waals surface area contributed by atoms with E-state index in [1.807, 2.05) is 0 Å². The normalized spacial score (nSPS) is 14.8. The Labute approximate surface area is 103 Å². The van der Waals surface area contributed by atoms with Crippen molar-refractivity contribution in [3.63, 3.8) is 0 Å². The van der Waals surface area contributed by atoms with Crippen LogP contribution in [0.25, 0.3) is 0 Å². The van der Waals surface area contributed by atoms with E-state index in [1.165, 1.54) is 0 Å². The summed E-state index contributed by atoms with van der Waals surface area (Å²) >= 11 is 6.08. The smallest absolute Gasteiger partial charge is 0.312 e. The monoisotopic (exact) mass is 257 g/mol. The van der Waals surface area contributed by atoms with Crippen molar-refractivity contribution < 1.29 is 19.4 Å². The largest absolute Gasteiger partial charge is 0.481 e. The summed E-state index contributed by atoms with van der Waals surface area (Å²) in [7, 11) is 0. The zero-order valence-corrected chi connectivity index (χ0v) is 9.95. The summed E-state index contributed by atoms with van der Waals surface area (Å²) in [5.41, 5.74) is 6.64. The minimum absolute atomic E-state index is 0.0183. The van der Waals surface area contributed by atoms with E-state index in [2.05, 4.69) is 0 Å². The van der Waals surface area contributed by atoms with Crippen LogP contribution >= 0.6 is 11.6 Å². The van der Waals surface area contributed by atoms with Crippen LogP contribution < -0.4 is 15.2 Å². The lowest BCUT2D eigenvalue weighted by atomic mass is 9.94. The van der Waals surface area contributed by atoms with Gasteiger partial charge in [0.2, 0.25) is 6.79 Å². The first-order chi connectivity index (χ1) is 8.06. The van der Waals surface area contributed by atoms with Gasteiger partial charge in [-0.25, -0.2) is 0 Å². The fourth-order valence-corrected chi connectivity index (χ4v) is 2.33. The molecule has 0 aliphatic carbocycles. The van der Waals surface area contributed by atoms with Crippen LogP contribution in [0.4, 0.5) is 0 Å². The zero-order chi connectivity index (χ0) is 12.6. The predicted molar refractivity (Wildman–Crippen MR) is 61.7 cm³/mol. The molecule has 0 amide bonds. The van der Waals surface area contributed by atoms with Crippen molar-refractivity contribution in [1.29, 1.82) is 0 Å². The summed E-state index contributed by atoms with van der Waals surface area (Å²) in [6.45, 7) is 1.85. The zero-order valence-electron chi connectivity index (χ0n) is 9.20. The van der Waals surface area contributed by atoms with Crippen molar-refractivity contribution in [2.75, 3.05) is 13.3 Å². The minimum Gasteiger partial charge on any atom is -0.481 e. The number of fused-ring (bicyclic) bond motifs is 1. The highest BCUT2D eigenvalue weighted by atomic mass is 35.5. The predicted octanol–water partition coefficient (Wildman–Crippen LogP) is 1.50. The van der Waals surface area contributed by atoms with Crippen molar-refractivity contribution in [3.05, 3.63) is 22.2 Å². The quantitative estimate of drug-likeness (QED) is 0.858. The molecule has 3 N–H and O–H groups in total. The molecule has 1 heterocycles. The minimum atomic E-state index is -1.00. The molecule has 1 atom stereocenters. The van der Waals surface area contributed by atoms with Gasteiger partial charge in [0, 0.05) is 23.2 Å². The van der Waals surface area contributed by atoms with Crippen LogP contribution in [0.5, 0.6) is 11.5 Å². The van der Waals surface area contributed by atoms with Gasteiger partial charge in [0.1, 0.15) is 0 Å². The van der Waals surface area contributed by atoms with Gasteiger partial charge in [0.15, 0.2) is 11.5 Å². The maximum absolute atomic E-state index is 11.1. The van der Waals surface area contributed by atoms with Crippen molar-refractivity contribution in [2.45, 2.75) is 12.8 Å². The number of carbonyl (C=O) groups is 1. The highest BCUT2D eigenvalue weighted by molar-refractivity contribution is 6.32. The number of nitrogens with two attached hydrogens (primary N) is 1. The number of hydrogen-bond donors (Lipinski definition) is 2. The van der Waals surface area contributed by atoms with Gasteiger partial charge in [0.05, 0.1) is 5.92 Å². The first-order valence-electron chi connectivity index (χ1n) is 5.07. The number of aliphatic carboxylic acids is 1. The lowest BCUT2D eigenvalue weighted by molar-refractivity contribution is -0.138. The molecule has 2 rings (SSSR count). The fourth-order valence-electron chi connectivity index (χ4n) is 1.95. The summed E-state index contributed by atoms with van der Waals surface area (Å²) in [6, 6.07) is 1.57. The van der Waals surface area contributed by atoms with E-state index < -0.39 is 11.9 Å². The number of carboxylic acids is 1. The SMILES string of the molecule is Cc1c2c(cc(Cl)c1C(CN)C(=O)O)OCO2. The van der Waals surface area contributed by atoms with Crippen molar-refractivity contribution in [2.24, 2.45) is 5.73 Å². The van der Waals surface area contributed by atoms with Crippen LogP contribution in [0.2, 0.25) is 5.02 Å². The van der Waals surface area contributed by atoms with E-state index in [4.69, 9.17) is 31.9 Å². The Kier molecular flexibility index (Phi) is 3.13. The molecule has 17 heavy (non-hydrogen) atoms.